The zero-order valence-corrected chi connectivity index (χ0v) is 6.75. The van der Waals surface area contributed by atoms with Gasteiger partial charge in [-0.15, -0.1) is 0 Å². The molecule has 0 aromatic heterocycles. The van der Waals surface area contributed by atoms with Crippen LogP contribution in [0.2, 0.25) is 0 Å². The molecule has 1 heterocycles. The van der Waals surface area contributed by atoms with Crippen molar-refractivity contribution in [2.24, 2.45) is 17.3 Å². The highest BCUT2D eigenvalue weighted by Gasteiger charge is 2.56. The number of hydrogen-bond donors (Lipinski definition) is 0. The van der Waals surface area contributed by atoms with Crippen LogP contribution in [-0.2, 0) is 9.53 Å². The van der Waals surface area contributed by atoms with Gasteiger partial charge in [0.2, 0.25) is 0 Å². The standard InChI is InChI=1S/C10H10O2/c11-5-9-10-2-1-7(4-10)3-8(10)6-12-9/h1-2,7-8H,3-4,6H2. The molecule has 1 saturated carbocycles. The molecular formula is C10H10O2. The molecule has 0 amide bonds. The lowest BCUT2D eigenvalue weighted by molar-refractivity contribution is 0.233. The van der Waals surface area contributed by atoms with E-state index in [1.807, 2.05) is 5.94 Å². The van der Waals surface area contributed by atoms with Crippen LogP contribution in [0.3, 0.4) is 0 Å². The fourth-order valence-corrected chi connectivity index (χ4v) is 2.93. The number of rotatable bonds is 0. The van der Waals surface area contributed by atoms with Crippen LogP contribution in [0.15, 0.2) is 17.9 Å². The van der Waals surface area contributed by atoms with E-state index in [9.17, 15) is 4.79 Å². The molecule has 0 radical (unpaired) electrons. The normalized spacial score (nSPS) is 47.5. The Bertz CT molecular complexity index is 312. The van der Waals surface area contributed by atoms with Crippen LogP contribution in [0.4, 0.5) is 0 Å². The van der Waals surface area contributed by atoms with Crippen molar-refractivity contribution in [3.8, 4) is 0 Å². The van der Waals surface area contributed by atoms with E-state index >= 15 is 0 Å². The molecule has 3 unspecified atom stereocenters. The lowest BCUT2D eigenvalue weighted by Gasteiger charge is -2.19. The Morgan fingerprint density at radius 1 is 1.67 bits per heavy atom. The van der Waals surface area contributed by atoms with Gasteiger partial charge < -0.3 is 4.74 Å². The highest BCUT2D eigenvalue weighted by atomic mass is 16.5. The minimum absolute atomic E-state index is 0.0214. The molecule has 2 fully saturated rings. The minimum atomic E-state index is -0.0214. The van der Waals surface area contributed by atoms with Crippen molar-refractivity contribution in [1.29, 1.82) is 0 Å². The van der Waals surface area contributed by atoms with Crippen molar-refractivity contribution >= 4 is 5.94 Å². The van der Waals surface area contributed by atoms with E-state index in [1.165, 1.54) is 6.42 Å². The van der Waals surface area contributed by atoms with E-state index in [0.717, 1.165) is 13.0 Å². The van der Waals surface area contributed by atoms with Crippen LogP contribution in [0.25, 0.3) is 0 Å². The molecule has 2 heteroatoms. The maximum Gasteiger partial charge on any atom is 0.189 e. The molecule has 2 bridgehead atoms. The number of fused-ring (bicyclic) bond motifs is 1. The summed E-state index contributed by atoms with van der Waals surface area (Å²) in [6.45, 7) is 0.728. The Morgan fingerprint density at radius 2 is 2.58 bits per heavy atom. The Hall–Kier alpha value is -1.01. The Morgan fingerprint density at radius 3 is 3.33 bits per heavy atom. The number of ether oxygens (including phenoxy) is 1. The van der Waals surface area contributed by atoms with Crippen molar-refractivity contribution in [2.75, 3.05) is 6.61 Å². The van der Waals surface area contributed by atoms with Gasteiger partial charge in [-0.3, -0.25) is 0 Å². The fraction of sp³-hybridized carbons (Fsp3) is 0.600. The Kier molecular flexibility index (Phi) is 0.993. The Labute approximate surface area is 70.9 Å². The molecule has 12 heavy (non-hydrogen) atoms. The zero-order chi connectivity index (χ0) is 8.18. The summed E-state index contributed by atoms with van der Waals surface area (Å²) in [6, 6.07) is 0. The van der Waals surface area contributed by atoms with Crippen LogP contribution >= 0.6 is 0 Å². The summed E-state index contributed by atoms with van der Waals surface area (Å²) < 4.78 is 5.33. The number of carbonyl (C=O) groups excluding carboxylic acids is 1. The van der Waals surface area contributed by atoms with Gasteiger partial charge in [-0.2, -0.15) is 0 Å². The molecule has 1 saturated heterocycles. The second kappa shape index (κ2) is 1.83. The minimum Gasteiger partial charge on any atom is -0.485 e. The monoisotopic (exact) mass is 162 g/mol. The molecular weight excluding hydrogens is 152 g/mol. The zero-order valence-electron chi connectivity index (χ0n) is 6.75. The highest BCUT2D eigenvalue weighted by Crippen LogP contribution is 2.60. The first kappa shape index (κ1) is 6.50. The summed E-state index contributed by atoms with van der Waals surface area (Å²) in [5.74, 6) is 3.76. The van der Waals surface area contributed by atoms with Gasteiger partial charge in [0.15, 0.2) is 11.7 Å². The van der Waals surface area contributed by atoms with Gasteiger partial charge in [0.05, 0.1) is 12.0 Å². The third-order valence-electron chi connectivity index (χ3n) is 3.53. The maximum absolute atomic E-state index is 10.6. The summed E-state index contributed by atoms with van der Waals surface area (Å²) >= 11 is 0. The van der Waals surface area contributed by atoms with Crippen molar-refractivity contribution in [3.05, 3.63) is 17.9 Å². The molecule has 3 rings (SSSR count). The summed E-state index contributed by atoms with van der Waals surface area (Å²) in [6.07, 6.45) is 6.67. The molecule has 0 aromatic carbocycles. The molecule has 0 aromatic rings. The summed E-state index contributed by atoms with van der Waals surface area (Å²) in [4.78, 5) is 10.6. The Balaban J connectivity index is 2.16. The van der Waals surface area contributed by atoms with Crippen molar-refractivity contribution < 1.29 is 9.53 Å². The lowest BCUT2D eigenvalue weighted by atomic mass is 9.79. The second-order valence-corrected chi connectivity index (χ2v) is 4.04. The van der Waals surface area contributed by atoms with Gasteiger partial charge in [0.25, 0.3) is 0 Å². The molecule has 1 aliphatic heterocycles. The predicted molar refractivity (Wildman–Crippen MR) is 42.9 cm³/mol. The van der Waals surface area contributed by atoms with Gasteiger partial charge in [0, 0.05) is 5.92 Å². The molecule has 1 spiro atoms. The lowest BCUT2D eigenvalue weighted by Crippen LogP contribution is -2.19. The van der Waals surface area contributed by atoms with Crippen LogP contribution in [0, 0.1) is 17.3 Å². The van der Waals surface area contributed by atoms with Crippen molar-refractivity contribution in [3.63, 3.8) is 0 Å². The highest BCUT2D eigenvalue weighted by molar-refractivity contribution is 5.56. The van der Waals surface area contributed by atoms with E-state index in [1.54, 1.807) is 0 Å². The molecule has 2 nitrogen and oxygen atoms in total. The largest absolute Gasteiger partial charge is 0.485 e. The summed E-state index contributed by atoms with van der Waals surface area (Å²) in [7, 11) is 0. The van der Waals surface area contributed by atoms with Crippen molar-refractivity contribution in [2.45, 2.75) is 12.8 Å². The van der Waals surface area contributed by atoms with Gasteiger partial charge in [-0.1, -0.05) is 12.2 Å². The van der Waals surface area contributed by atoms with Crippen LogP contribution in [0.5, 0.6) is 0 Å². The van der Waals surface area contributed by atoms with Gasteiger partial charge in [-0.05, 0) is 18.8 Å². The third kappa shape index (κ3) is 0.527. The summed E-state index contributed by atoms with van der Waals surface area (Å²) in [5, 5.41) is 0. The van der Waals surface area contributed by atoms with Gasteiger partial charge >= 0.3 is 0 Å². The smallest absolute Gasteiger partial charge is 0.189 e. The van der Waals surface area contributed by atoms with Crippen LogP contribution in [0.1, 0.15) is 12.8 Å². The predicted octanol–water partition coefficient (Wildman–Crippen LogP) is 1.31. The van der Waals surface area contributed by atoms with E-state index in [4.69, 9.17) is 4.74 Å². The average Bonchev–Trinajstić information content (AvgIpc) is 2.68. The van der Waals surface area contributed by atoms with E-state index in [-0.39, 0.29) is 5.41 Å². The number of hydrogen-bond acceptors (Lipinski definition) is 2. The van der Waals surface area contributed by atoms with Crippen LogP contribution in [-0.4, -0.2) is 12.5 Å². The number of allylic oxidation sites excluding steroid dienone is 2. The van der Waals surface area contributed by atoms with Crippen LogP contribution < -0.4 is 0 Å². The molecule has 3 aliphatic rings. The molecule has 62 valence electrons. The second-order valence-electron chi connectivity index (χ2n) is 4.04. The topological polar surface area (TPSA) is 26.3 Å². The first-order valence-electron chi connectivity index (χ1n) is 4.43. The molecule has 2 aliphatic carbocycles. The molecule has 3 atom stereocenters. The van der Waals surface area contributed by atoms with E-state index in [0.29, 0.717) is 17.6 Å². The molecule has 0 N–H and O–H groups in total. The summed E-state index contributed by atoms with van der Waals surface area (Å²) in [5.41, 5.74) is -0.0214. The van der Waals surface area contributed by atoms with E-state index < -0.39 is 0 Å². The van der Waals surface area contributed by atoms with Gasteiger partial charge in [-0.25, -0.2) is 4.79 Å². The van der Waals surface area contributed by atoms with E-state index in [2.05, 4.69) is 12.2 Å². The first-order valence-corrected chi connectivity index (χ1v) is 4.43. The maximum atomic E-state index is 10.6. The SMILES string of the molecule is O=C=C1OCC2CC3C=CC12C3. The van der Waals surface area contributed by atoms with Crippen molar-refractivity contribution in [1.82, 2.24) is 0 Å². The van der Waals surface area contributed by atoms with Gasteiger partial charge in [0.1, 0.15) is 0 Å². The third-order valence-corrected chi connectivity index (χ3v) is 3.53. The average molecular weight is 162 g/mol. The first-order chi connectivity index (χ1) is 5.85. The fourth-order valence-electron chi connectivity index (χ4n) is 2.93. The quantitative estimate of drug-likeness (QED) is 0.396.